The average Bonchev–Trinajstić information content (AvgIpc) is 3.19. The maximum absolute atomic E-state index is 12.8. The number of thioether (sulfide) groups is 2. The summed E-state index contributed by atoms with van der Waals surface area (Å²) in [5, 5.41) is 0. The fourth-order valence-corrected chi connectivity index (χ4v) is 4.35. The molecule has 1 amide bonds. The molecule has 2 aliphatic rings. The average molecular weight is 388 g/mol. The van der Waals surface area contributed by atoms with Gasteiger partial charge in [0.2, 0.25) is 6.79 Å². The smallest absolute Gasteiger partial charge is 0.270 e. The van der Waals surface area contributed by atoms with Crippen molar-refractivity contribution < 1.29 is 14.3 Å². The molecule has 0 unspecified atom stereocenters. The standard InChI is InChI=1S/C18H13NO3S3/c1-24-13-4-2-3-12(9-13)19-17(20)16(25-18(19)23)8-11-5-6-14-15(7-11)22-10-21-14/h2-9H,10H2,1H3/b16-8+. The molecule has 2 aromatic carbocycles. The molecule has 1 saturated heterocycles. The molecule has 0 radical (unpaired) electrons. The number of carbonyl (C=O) groups excluding carboxylic acids is 1. The first-order valence-electron chi connectivity index (χ1n) is 7.47. The van der Waals surface area contributed by atoms with Crippen LogP contribution in [-0.2, 0) is 4.79 Å². The van der Waals surface area contributed by atoms with Crippen LogP contribution in [0, 0.1) is 0 Å². The molecule has 0 aromatic heterocycles. The minimum absolute atomic E-state index is 0.106. The van der Waals surface area contributed by atoms with Crippen LogP contribution in [-0.4, -0.2) is 23.3 Å². The first kappa shape index (κ1) is 16.5. The van der Waals surface area contributed by atoms with Crippen molar-refractivity contribution in [1.29, 1.82) is 0 Å². The van der Waals surface area contributed by atoms with Crippen LogP contribution in [0.5, 0.6) is 11.5 Å². The van der Waals surface area contributed by atoms with Crippen molar-refractivity contribution >= 4 is 57.7 Å². The normalized spacial score (nSPS) is 17.6. The summed E-state index contributed by atoms with van der Waals surface area (Å²) in [5.74, 6) is 1.31. The van der Waals surface area contributed by atoms with Crippen molar-refractivity contribution in [3.8, 4) is 11.5 Å². The van der Waals surface area contributed by atoms with Gasteiger partial charge in [0.05, 0.1) is 10.6 Å². The van der Waals surface area contributed by atoms with Crippen molar-refractivity contribution in [1.82, 2.24) is 0 Å². The number of fused-ring (bicyclic) bond motifs is 1. The van der Waals surface area contributed by atoms with E-state index in [-0.39, 0.29) is 12.7 Å². The third kappa shape index (κ3) is 3.15. The van der Waals surface area contributed by atoms with Gasteiger partial charge in [-0.25, -0.2) is 0 Å². The number of hydrogen-bond acceptors (Lipinski definition) is 6. The van der Waals surface area contributed by atoms with Gasteiger partial charge < -0.3 is 9.47 Å². The zero-order valence-electron chi connectivity index (χ0n) is 13.2. The Morgan fingerprint density at radius 3 is 2.88 bits per heavy atom. The van der Waals surface area contributed by atoms with E-state index in [1.54, 1.807) is 16.7 Å². The molecular weight excluding hydrogens is 374 g/mol. The minimum Gasteiger partial charge on any atom is -0.454 e. The number of thiocarbonyl (C=S) groups is 1. The van der Waals surface area contributed by atoms with Crippen molar-refractivity contribution in [3.05, 3.63) is 52.9 Å². The number of rotatable bonds is 3. The second-order valence-electron chi connectivity index (χ2n) is 5.33. The molecule has 4 nitrogen and oxygen atoms in total. The molecule has 2 heterocycles. The van der Waals surface area contributed by atoms with E-state index in [1.807, 2.05) is 54.8 Å². The fourth-order valence-electron chi connectivity index (χ4n) is 2.59. The number of benzene rings is 2. The van der Waals surface area contributed by atoms with Crippen LogP contribution in [0.2, 0.25) is 0 Å². The Morgan fingerprint density at radius 1 is 1.20 bits per heavy atom. The van der Waals surface area contributed by atoms with Crippen LogP contribution < -0.4 is 14.4 Å². The Morgan fingerprint density at radius 2 is 2.04 bits per heavy atom. The summed E-state index contributed by atoms with van der Waals surface area (Å²) in [4.78, 5) is 16.1. The SMILES string of the molecule is CSc1cccc(N2C(=O)/C(=C\c3ccc4c(c3)OCO4)SC2=S)c1. The van der Waals surface area contributed by atoms with Gasteiger partial charge in [-0.2, -0.15) is 0 Å². The molecular formula is C18H13NO3S3. The van der Waals surface area contributed by atoms with Gasteiger partial charge in [0, 0.05) is 4.90 Å². The highest BCUT2D eigenvalue weighted by atomic mass is 32.2. The van der Waals surface area contributed by atoms with E-state index in [0.29, 0.717) is 15.0 Å². The Bertz CT molecular complexity index is 910. The van der Waals surface area contributed by atoms with E-state index in [4.69, 9.17) is 21.7 Å². The third-order valence-corrected chi connectivity index (χ3v) is 5.83. The quantitative estimate of drug-likeness (QED) is 0.437. The summed E-state index contributed by atoms with van der Waals surface area (Å²) in [6.07, 6.45) is 3.84. The highest BCUT2D eigenvalue weighted by Gasteiger charge is 2.33. The molecule has 0 saturated carbocycles. The van der Waals surface area contributed by atoms with Gasteiger partial charge >= 0.3 is 0 Å². The lowest BCUT2D eigenvalue weighted by Gasteiger charge is -2.15. The van der Waals surface area contributed by atoms with Gasteiger partial charge in [-0.15, -0.1) is 11.8 Å². The van der Waals surface area contributed by atoms with Gasteiger partial charge in [0.1, 0.15) is 0 Å². The first-order valence-corrected chi connectivity index (χ1v) is 9.92. The number of hydrogen-bond donors (Lipinski definition) is 0. The Hall–Kier alpha value is -1.96. The molecule has 25 heavy (non-hydrogen) atoms. The topological polar surface area (TPSA) is 38.8 Å². The van der Waals surface area contributed by atoms with Crippen molar-refractivity contribution in [2.75, 3.05) is 17.9 Å². The van der Waals surface area contributed by atoms with E-state index in [2.05, 4.69) is 0 Å². The second kappa shape index (κ2) is 6.74. The maximum Gasteiger partial charge on any atom is 0.270 e. The lowest BCUT2D eigenvalue weighted by molar-refractivity contribution is -0.113. The second-order valence-corrected chi connectivity index (χ2v) is 7.89. The van der Waals surface area contributed by atoms with E-state index < -0.39 is 0 Å². The van der Waals surface area contributed by atoms with Crippen LogP contribution in [0.15, 0.2) is 52.3 Å². The van der Waals surface area contributed by atoms with Crippen molar-refractivity contribution in [2.24, 2.45) is 0 Å². The molecule has 2 aromatic rings. The molecule has 0 bridgehead atoms. The summed E-state index contributed by atoms with van der Waals surface area (Å²) >= 11 is 8.37. The number of carbonyl (C=O) groups is 1. The van der Waals surface area contributed by atoms with Crippen LogP contribution in [0.1, 0.15) is 5.56 Å². The third-order valence-electron chi connectivity index (χ3n) is 3.80. The van der Waals surface area contributed by atoms with Gasteiger partial charge in [0.15, 0.2) is 15.8 Å². The van der Waals surface area contributed by atoms with E-state index in [1.165, 1.54) is 11.8 Å². The fraction of sp³-hybridized carbons (Fsp3) is 0.111. The molecule has 0 spiro atoms. The number of nitrogens with zero attached hydrogens (tertiary/aromatic N) is 1. The highest BCUT2D eigenvalue weighted by Crippen LogP contribution is 2.38. The zero-order valence-corrected chi connectivity index (χ0v) is 15.7. The Labute approximate surface area is 159 Å². The van der Waals surface area contributed by atoms with Crippen molar-refractivity contribution in [2.45, 2.75) is 4.90 Å². The molecule has 0 N–H and O–H groups in total. The lowest BCUT2D eigenvalue weighted by atomic mass is 10.2. The monoisotopic (exact) mass is 387 g/mol. The molecule has 126 valence electrons. The lowest BCUT2D eigenvalue weighted by Crippen LogP contribution is -2.27. The number of amides is 1. The van der Waals surface area contributed by atoms with E-state index in [0.717, 1.165) is 21.9 Å². The predicted molar refractivity (Wildman–Crippen MR) is 106 cm³/mol. The highest BCUT2D eigenvalue weighted by molar-refractivity contribution is 8.27. The van der Waals surface area contributed by atoms with E-state index in [9.17, 15) is 4.79 Å². The van der Waals surface area contributed by atoms with Gasteiger partial charge in [-0.3, -0.25) is 9.69 Å². The summed E-state index contributed by atoms with van der Waals surface area (Å²) in [5.41, 5.74) is 1.67. The number of anilines is 1. The Balaban J connectivity index is 1.64. The molecule has 2 aliphatic heterocycles. The van der Waals surface area contributed by atoms with Crippen LogP contribution in [0.25, 0.3) is 6.08 Å². The molecule has 0 atom stereocenters. The largest absolute Gasteiger partial charge is 0.454 e. The zero-order chi connectivity index (χ0) is 17.4. The molecule has 7 heteroatoms. The molecule has 4 rings (SSSR count). The van der Waals surface area contributed by atoms with Crippen LogP contribution in [0.4, 0.5) is 5.69 Å². The summed E-state index contributed by atoms with van der Waals surface area (Å²) in [6.45, 7) is 0.229. The minimum atomic E-state index is -0.106. The molecule has 1 fully saturated rings. The number of ether oxygens (including phenoxy) is 2. The van der Waals surface area contributed by atoms with Crippen molar-refractivity contribution in [3.63, 3.8) is 0 Å². The maximum atomic E-state index is 12.8. The van der Waals surface area contributed by atoms with Crippen LogP contribution in [0.3, 0.4) is 0 Å². The van der Waals surface area contributed by atoms with Crippen LogP contribution >= 0.6 is 35.7 Å². The molecule has 0 aliphatic carbocycles. The summed E-state index contributed by atoms with van der Waals surface area (Å²) < 4.78 is 11.2. The first-order chi connectivity index (χ1) is 12.2. The van der Waals surface area contributed by atoms with Gasteiger partial charge in [-0.05, 0) is 48.2 Å². The summed E-state index contributed by atoms with van der Waals surface area (Å²) in [7, 11) is 0. The van der Waals surface area contributed by atoms with Gasteiger partial charge in [0.25, 0.3) is 5.91 Å². The van der Waals surface area contributed by atoms with Gasteiger partial charge in [-0.1, -0.05) is 36.1 Å². The Kier molecular flexibility index (Phi) is 4.45. The van der Waals surface area contributed by atoms with E-state index >= 15 is 0 Å². The summed E-state index contributed by atoms with van der Waals surface area (Å²) in [6, 6.07) is 13.4. The predicted octanol–water partition coefficient (Wildman–Crippen LogP) is 4.54.